The second-order valence-electron chi connectivity index (χ2n) is 28.5. The fourth-order valence-corrected chi connectivity index (χ4v) is 10.0. The Balaban J connectivity index is 1.95. The van der Waals surface area contributed by atoms with E-state index in [4.69, 9.17) is 9.47 Å². The molecule has 0 unspecified atom stereocenters. The van der Waals surface area contributed by atoms with Crippen LogP contribution < -0.4 is 26.6 Å². The van der Waals surface area contributed by atoms with Gasteiger partial charge in [-0.15, -0.1) is 0 Å². The summed E-state index contributed by atoms with van der Waals surface area (Å²) in [6, 6.07) is 4.43. The van der Waals surface area contributed by atoms with Gasteiger partial charge in [0.05, 0.1) is 6.04 Å². The van der Waals surface area contributed by atoms with Crippen LogP contribution in [-0.2, 0) is 55.9 Å². The number of alkyl carbamates (subject to hydrolysis) is 1. The Bertz CT molecular complexity index is 2220. The van der Waals surface area contributed by atoms with Crippen molar-refractivity contribution < 1.29 is 52.6 Å². The van der Waals surface area contributed by atoms with Crippen molar-refractivity contribution in [1.29, 1.82) is 0 Å². The standard InChI is InChI=1S/C66H111N5O11/c1-62(2,3)39-38-50(63(4,5)6)45-57(76)71-54(64(7,8)9)35-37-56(75)67-40-24-18-16-17-19-30-51(72)44-49(29-22-25-42-69-61(80)82-66(13,14)15)59(78)70-52(58(77)60(79)81-65(10,11)12)31-23-26-41-68-55(74)36-34-53(73)48-33-32-46-27-20-21-28-47(46)43-48/h32-33,43,49-50,52,54H,16-31,34-42,44-45H2,1-15H3,(H,67,75)(H,68,74)(H,69,80)(H,70,78)(H,71,76)/t49-,50-,52+,54+/m1/s1. The lowest BCUT2D eigenvalue weighted by molar-refractivity contribution is -0.163. The van der Waals surface area contributed by atoms with Crippen LogP contribution in [0.2, 0.25) is 0 Å². The number of fused-ring (bicyclic) bond motifs is 1. The van der Waals surface area contributed by atoms with Crippen LogP contribution in [-0.4, -0.2) is 96.0 Å². The number of unbranched alkanes of at least 4 members (excludes halogenated alkanes) is 6. The number of hydrogen-bond acceptors (Lipinski definition) is 11. The van der Waals surface area contributed by atoms with Crippen molar-refractivity contribution in [2.24, 2.45) is 28.1 Å². The number of carbonyl (C=O) groups excluding carboxylic acids is 9. The van der Waals surface area contributed by atoms with Gasteiger partial charge in [0.15, 0.2) is 5.78 Å². The Labute approximate surface area is 494 Å². The Kier molecular flexibility index (Phi) is 31.3. The lowest BCUT2D eigenvalue weighted by Crippen LogP contribution is -2.48. The molecule has 16 heteroatoms. The second-order valence-corrected chi connectivity index (χ2v) is 28.5. The van der Waals surface area contributed by atoms with Gasteiger partial charge in [-0.1, -0.05) is 100 Å². The minimum atomic E-state index is -1.24. The summed E-state index contributed by atoms with van der Waals surface area (Å²) in [7, 11) is 0. The summed E-state index contributed by atoms with van der Waals surface area (Å²) in [6.07, 6.45) is 13.3. The van der Waals surface area contributed by atoms with Crippen LogP contribution in [0, 0.1) is 28.1 Å². The first-order valence-corrected chi connectivity index (χ1v) is 31.1. The zero-order chi connectivity index (χ0) is 61.9. The molecular weight excluding hydrogens is 1040 g/mol. The van der Waals surface area contributed by atoms with Crippen molar-refractivity contribution in [2.45, 2.75) is 281 Å². The van der Waals surface area contributed by atoms with Gasteiger partial charge in [0, 0.05) is 75.7 Å². The number of rotatable bonds is 36. The fraction of sp³-hybridized carbons (Fsp3) is 0.773. The molecule has 16 nitrogen and oxygen atoms in total. The van der Waals surface area contributed by atoms with E-state index in [-0.39, 0.29) is 109 Å². The average molecular weight is 1150 g/mol. The molecule has 5 amide bonds. The van der Waals surface area contributed by atoms with Crippen molar-refractivity contribution in [3.8, 4) is 0 Å². The molecule has 0 saturated carbocycles. The van der Waals surface area contributed by atoms with Crippen LogP contribution in [0.15, 0.2) is 18.2 Å². The van der Waals surface area contributed by atoms with Crippen LogP contribution in [0.25, 0.3) is 0 Å². The Morgan fingerprint density at radius 3 is 1.67 bits per heavy atom. The first-order chi connectivity index (χ1) is 38.0. The Morgan fingerprint density at radius 1 is 0.512 bits per heavy atom. The van der Waals surface area contributed by atoms with Crippen LogP contribution in [0.4, 0.5) is 4.79 Å². The van der Waals surface area contributed by atoms with Gasteiger partial charge in [0.25, 0.3) is 5.78 Å². The number of hydrogen-bond donors (Lipinski definition) is 5. The van der Waals surface area contributed by atoms with Gasteiger partial charge < -0.3 is 36.1 Å². The van der Waals surface area contributed by atoms with Crippen LogP contribution >= 0.6 is 0 Å². The van der Waals surface area contributed by atoms with Gasteiger partial charge in [-0.3, -0.25) is 33.6 Å². The summed E-state index contributed by atoms with van der Waals surface area (Å²) < 4.78 is 10.7. The van der Waals surface area contributed by atoms with Crippen LogP contribution in [0.3, 0.4) is 0 Å². The summed E-state index contributed by atoms with van der Waals surface area (Å²) in [5.41, 5.74) is 1.45. The molecule has 5 N–H and O–H groups in total. The van der Waals surface area contributed by atoms with Crippen molar-refractivity contribution in [3.05, 3.63) is 34.9 Å². The van der Waals surface area contributed by atoms with Crippen molar-refractivity contribution in [2.75, 3.05) is 19.6 Å². The maximum absolute atomic E-state index is 14.1. The topological polar surface area (TPSA) is 232 Å². The quantitative estimate of drug-likeness (QED) is 0.0183. The number of carbonyl (C=O) groups is 9. The van der Waals surface area contributed by atoms with E-state index in [0.29, 0.717) is 63.5 Å². The molecule has 1 aliphatic rings. The second kappa shape index (κ2) is 35.2. The van der Waals surface area contributed by atoms with Gasteiger partial charge in [-0.25, -0.2) is 9.59 Å². The van der Waals surface area contributed by atoms with Crippen molar-refractivity contribution in [1.82, 2.24) is 26.6 Å². The lowest BCUT2D eigenvalue weighted by Gasteiger charge is -2.35. The molecule has 82 heavy (non-hydrogen) atoms. The molecule has 1 aromatic carbocycles. The third-order valence-corrected chi connectivity index (χ3v) is 15.1. The molecule has 4 atom stereocenters. The number of aryl methyl sites for hydroxylation is 2. The number of benzene rings is 1. The monoisotopic (exact) mass is 1150 g/mol. The summed E-state index contributed by atoms with van der Waals surface area (Å²) in [5, 5.41) is 14.7. The maximum Gasteiger partial charge on any atom is 0.407 e. The summed E-state index contributed by atoms with van der Waals surface area (Å²) in [4.78, 5) is 119. The van der Waals surface area contributed by atoms with Crippen molar-refractivity contribution >= 4 is 53.0 Å². The number of Topliss-reactive ketones (excluding diaryl/α,β-unsaturated/α-hetero) is 3. The third-order valence-electron chi connectivity index (χ3n) is 15.1. The van der Waals surface area contributed by atoms with E-state index in [0.717, 1.165) is 64.2 Å². The normalized spacial score (nSPS) is 14.5. The van der Waals surface area contributed by atoms with Crippen LogP contribution in [0.5, 0.6) is 0 Å². The largest absolute Gasteiger partial charge is 0.454 e. The van der Waals surface area contributed by atoms with E-state index in [1.807, 2.05) is 18.2 Å². The first kappa shape index (κ1) is 73.0. The average Bonchev–Trinajstić information content (AvgIpc) is 3.37. The highest BCUT2D eigenvalue weighted by molar-refractivity contribution is 6.36. The molecule has 2 rings (SSSR count). The number of ketones is 3. The summed E-state index contributed by atoms with van der Waals surface area (Å²) >= 11 is 0. The molecule has 1 aliphatic carbocycles. The smallest absolute Gasteiger partial charge is 0.407 e. The summed E-state index contributed by atoms with van der Waals surface area (Å²) in [6.45, 7) is 30.9. The van der Waals surface area contributed by atoms with E-state index in [9.17, 15) is 43.2 Å². The van der Waals surface area contributed by atoms with Gasteiger partial charge in [0.2, 0.25) is 23.6 Å². The van der Waals surface area contributed by atoms with E-state index in [2.05, 4.69) is 88.9 Å². The number of esters is 1. The molecule has 0 fully saturated rings. The van der Waals surface area contributed by atoms with Gasteiger partial charge in [-0.05, 0) is 171 Å². The summed E-state index contributed by atoms with van der Waals surface area (Å²) in [5.74, 6) is -3.58. The minimum Gasteiger partial charge on any atom is -0.454 e. The fourth-order valence-electron chi connectivity index (χ4n) is 10.0. The molecule has 0 heterocycles. The molecule has 0 spiro atoms. The molecule has 466 valence electrons. The number of ether oxygens (including phenoxy) is 2. The Morgan fingerprint density at radius 2 is 1.07 bits per heavy atom. The molecular formula is C66H111N5O11. The third kappa shape index (κ3) is 32.6. The highest BCUT2D eigenvalue weighted by Gasteiger charge is 2.34. The molecule has 0 saturated heterocycles. The van der Waals surface area contributed by atoms with Crippen LogP contribution in [0.1, 0.15) is 267 Å². The maximum atomic E-state index is 14.1. The predicted molar refractivity (Wildman–Crippen MR) is 325 cm³/mol. The Hall–Kier alpha value is -5.15. The van der Waals surface area contributed by atoms with E-state index in [1.165, 1.54) is 11.1 Å². The number of amides is 5. The molecule has 0 radical (unpaired) electrons. The zero-order valence-electron chi connectivity index (χ0n) is 53.6. The molecule has 0 aliphatic heterocycles. The highest BCUT2D eigenvalue weighted by atomic mass is 16.6. The van der Waals surface area contributed by atoms with E-state index < -0.39 is 46.9 Å². The van der Waals surface area contributed by atoms with E-state index >= 15 is 0 Å². The molecule has 1 aromatic rings. The molecule has 0 aromatic heterocycles. The van der Waals surface area contributed by atoms with Crippen molar-refractivity contribution in [3.63, 3.8) is 0 Å². The van der Waals surface area contributed by atoms with Gasteiger partial charge in [0.1, 0.15) is 17.0 Å². The first-order valence-electron chi connectivity index (χ1n) is 31.1. The minimum absolute atomic E-state index is 0.00135. The van der Waals surface area contributed by atoms with E-state index in [1.54, 1.807) is 41.5 Å². The van der Waals surface area contributed by atoms with Gasteiger partial charge in [-0.2, -0.15) is 0 Å². The lowest BCUT2D eigenvalue weighted by atomic mass is 9.73. The predicted octanol–water partition coefficient (Wildman–Crippen LogP) is 12.1. The van der Waals surface area contributed by atoms with Gasteiger partial charge >= 0.3 is 12.1 Å². The SMILES string of the molecule is CC(C)(C)CC[C@H](CC(=O)N[C@@H](CCC(=O)NCCCCCCCC(=O)C[C@@H](CCCCNC(=O)OC(C)(C)C)C(=O)N[C@@H](CCCCNC(=O)CCC(=O)c1ccc2c(c1)CCCC2)C(=O)C(=O)OC(C)(C)C)C(C)(C)C)C(C)(C)C. The highest BCUT2D eigenvalue weighted by Crippen LogP contribution is 2.36. The zero-order valence-corrected chi connectivity index (χ0v) is 53.6. The molecule has 0 bridgehead atoms. The number of nitrogens with one attached hydrogen (secondary N) is 5.